The van der Waals surface area contributed by atoms with Crippen LogP contribution in [0, 0.1) is 0 Å². The topological polar surface area (TPSA) is 39.7 Å². The molecule has 0 aliphatic heterocycles. The molecule has 0 radical (unpaired) electrons. The number of nitrogens with zero attached hydrogens (tertiary/aromatic N) is 2. The maximum Gasteiger partial charge on any atom is 0.191 e. The third kappa shape index (κ3) is 7.31. The van der Waals surface area contributed by atoms with Crippen LogP contribution in [0.1, 0.15) is 16.7 Å². The highest BCUT2D eigenvalue weighted by atomic mass is 127. The van der Waals surface area contributed by atoms with E-state index in [1.54, 1.807) is 7.05 Å². The minimum atomic E-state index is 0. The summed E-state index contributed by atoms with van der Waals surface area (Å²) in [5, 5.41) is 6.70. The fourth-order valence-corrected chi connectivity index (χ4v) is 2.39. The van der Waals surface area contributed by atoms with E-state index < -0.39 is 0 Å². The van der Waals surface area contributed by atoms with E-state index >= 15 is 0 Å². The van der Waals surface area contributed by atoms with Gasteiger partial charge in [-0.15, -0.1) is 24.0 Å². The summed E-state index contributed by atoms with van der Waals surface area (Å²) in [7, 11) is 5.96. The van der Waals surface area contributed by atoms with Crippen LogP contribution in [0.2, 0.25) is 0 Å². The third-order valence-electron chi connectivity index (χ3n) is 3.48. The molecule has 2 aromatic rings. The number of guanidine groups is 1. The van der Waals surface area contributed by atoms with Gasteiger partial charge in [0.2, 0.25) is 0 Å². The van der Waals surface area contributed by atoms with Crippen LogP contribution in [0.15, 0.2) is 59.6 Å². The molecule has 0 spiro atoms. The first kappa shape index (κ1) is 20.4. The van der Waals surface area contributed by atoms with Gasteiger partial charge in [0.15, 0.2) is 5.96 Å². The van der Waals surface area contributed by atoms with Gasteiger partial charge in [-0.05, 0) is 30.8 Å². The Bertz CT molecular complexity index is 626. The quantitative estimate of drug-likeness (QED) is 0.414. The van der Waals surface area contributed by atoms with Crippen molar-refractivity contribution in [3.05, 3.63) is 71.3 Å². The summed E-state index contributed by atoms with van der Waals surface area (Å²) in [5.74, 6) is 0.812. The molecule has 0 bridgehead atoms. The highest BCUT2D eigenvalue weighted by Crippen LogP contribution is 2.07. The minimum Gasteiger partial charge on any atom is -0.352 e. The summed E-state index contributed by atoms with van der Waals surface area (Å²) in [6, 6.07) is 19.0. The lowest BCUT2D eigenvalue weighted by atomic mass is 10.1. The molecule has 130 valence electrons. The molecule has 0 aromatic heterocycles. The summed E-state index contributed by atoms with van der Waals surface area (Å²) in [5.41, 5.74) is 3.82. The normalized spacial score (nSPS) is 11.1. The molecule has 2 aromatic carbocycles. The molecule has 0 aliphatic rings. The fraction of sp³-hybridized carbons (Fsp3) is 0.316. The standard InChI is InChI=1S/C19H26N4.HI/c1-20-19(21-13-16-8-5-4-6-9-16)22-14-17-10-7-11-18(12-17)15-23(2)3;/h4-12H,13-15H2,1-3H3,(H2,20,21,22);1H. The lowest BCUT2D eigenvalue weighted by molar-refractivity contribution is 0.402. The molecule has 24 heavy (non-hydrogen) atoms. The van der Waals surface area contributed by atoms with Crippen molar-refractivity contribution in [1.29, 1.82) is 0 Å². The molecular weight excluding hydrogens is 411 g/mol. The lowest BCUT2D eigenvalue weighted by Gasteiger charge is -2.14. The monoisotopic (exact) mass is 438 g/mol. The third-order valence-corrected chi connectivity index (χ3v) is 3.48. The number of halogens is 1. The summed E-state index contributed by atoms with van der Waals surface area (Å²) in [6.07, 6.45) is 0. The largest absolute Gasteiger partial charge is 0.352 e. The van der Waals surface area contributed by atoms with Crippen molar-refractivity contribution in [2.45, 2.75) is 19.6 Å². The van der Waals surface area contributed by atoms with Crippen molar-refractivity contribution in [2.75, 3.05) is 21.1 Å². The van der Waals surface area contributed by atoms with Crippen LogP contribution in [0.4, 0.5) is 0 Å². The zero-order chi connectivity index (χ0) is 16.5. The van der Waals surface area contributed by atoms with Crippen molar-refractivity contribution in [3.8, 4) is 0 Å². The van der Waals surface area contributed by atoms with Gasteiger partial charge in [0.25, 0.3) is 0 Å². The van der Waals surface area contributed by atoms with Gasteiger partial charge in [-0.2, -0.15) is 0 Å². The molecule has 0 atom stereocenters. The van der Waals surface area contributed by atoms with Gasteiger partial charge in [0, 0.05) is 26.7 Å². The number of hydrogen-bond acceptors (Lipinski definition) is 2. The van der Waals surface area contributed by atoms with Crippen LogP contribution in [0.25, 0.3) is 0 Å². The zero-order valence-electron chi connectivity index (χ0n) is 14.6. The maximum atomic E-state index is 4.28. The predicted octanol–water partition coefficient (Wildman–Crippen LogP) is 3.23. The van der Waals surface area contributed by atoms with E-state index in [9.17, 15) is 0 Å². The van der Waals surface area contributed by atoms with Crippen molar-refractivity contribution < 1.29 is 0 Å². The molecule has 0 amide bonds. The first-order valence-electron chi connectivity index (χ1n) is 7.88. The average molecular weight is 438 g/mol. The molecule has 0 heterocycles. The molecule has 4 nitrogen and oxygen atoms in total. The smallest absolute Gasteiger partial charge is 0.191 e. The second kappa shape index (κ2) is 11.0. The Morgan fingerprint density at radius 2 is 1.46 bits per heavy atom. The summed E-state index contributed by atoms with van der Waals surface area (Å²) in [4.78, 5) is 6.45. The average Bonchev–Trinajstić information content (AvgIpc) is 2.56. The minimum absolute atomic E-state index is 0. The van der Waals surface area contributed by atoms with E-state index in [-0.39, 0.29) is 24.0 Å². The maximum absolute atomic E-state index is 4.28. The van der Waals surface area contributed by atoms with Crippen molar-refractivity contribution in [2.24, 2.45) is 4.99 Å². The summed E-state index contributed by atoms with van der Waals surface area (Å²) < 4.78 is 0. The first-order chi connectivity index (χ1) is 11.2. The number of rotatable bonds is 6. The van der Waals surface area contributed by atoms with Crippen LogP contribution in [0.3, 0.4) is 0 Å². The van der Waals surface area contributed by atoms with Gasteiger partial charge in [-0.25, -0.2) is 0 Å². The molecular formula is C19H27IN4. The van der Waals surface area contributed by atoms with Crippen LogP contribution in [-0.2, 0) is 19.6 Å². The van der Waals surface area contributed by atoms with Crippen LogP contribution in [-0.4, -0.2) is 32.0 Å². The van der Waals surface area contributed by atoms with Gasteiger partial charge in [0.1, 0.15) is 0 Å². The second-order valence-electron chi connectivity index (χ2n) is 5.82. The molecule has 0 saturated carbocycles. The van der Waals surface area contributed by atoms with Gasteiger partial charge in [-0.3, -0.25) is 4.99 Å². The zero-order valence-corrected chi connectivity index (χ0v) is 17.0. The summed E-state index contributed by atoms with van der Waals surface area (Å²) >= 11 is 0. The van der Waals surface area contributed by atoms with E-state index in [0.29, 0.717) is 0 Å². The predicted molar refractivity (Wildman–Crippen MR) is 113 cm³/mol. The Hall–Kier alpha value is -1.60. The van der Waals surface area contributed by atoms with E-state index in [0.717, 1.165) is 25.6 Å². The molecule has 0 saturated heterocycles. The van der Waals surface area contributed by atoms with E-state index in [1.165, 1.54) is 16.7 Å². The van der Waals surface area contributed by atoms with Crippen molar-refractivity contribution in [1.82, 2.24) is 15.5 Å². The second-order valence-corrected chi connectivity index (χ2v) is 5.82. The number of benzene rings is 2. The van der Waals surface area contributed by atoms with Crippen molar-refractivity contribution >= 4 is 29.9 Å². The Balaban J connectivity index is 0.00000288. The highest BCUT2D eigenvalue weighted by molar-refractivity contribution is 14.0. The van der Waals surface area contributed by atoms with Crippen LogP contribution < -0.4 is 10.6 Å². The molecule has 0 unspecified atom stereocenters. The highest BCUT2D eigenvalue weighted by Gasteiger charge is 2.01. The van der Waals surface area contributed by atoms with Gasteiger partial charge < -0.3 is 15.5 Å². The molecule has 0 fully saturated rings. The molecule has 2 rings (SSSR count). The number of hydrogen-bond donors (Lipinski definition) is 2. The Labute approximate surface area is 162 Å². The van der Waals surface area contributed by atoms with E-state index in [2.05, 4.69) is 71.0 Å². The molecule has 5 heteroatoms. The first-order valence-corrected chi connectivity index (χ1v) is 7.88. The lowest BCUT2D eigenvalue weighted by Crippen LogP contribution is -2.36. The van der Waals surface area contributed by atoms with E-state index in [4.69, 9.17) is 0 Å². The fourth-order valence-electron chi connectivity index (χ4n) is 2.39. The van der Waals surface area contributed by atoms with Crippen LogP contribution >= 0.6 is 24.0 Å². The molecule has 0 aliphatic carbocycles. The van der Waals surface area contributed by atoms with E-state index in [1.807, 2.05) is 18.2 Å². The Morgan fingerprint density at radius 3 is 2.08 bits per heavy atom. The van der Waals surface area contributed by atoms with Crippen molar-refractivity contribution in [3.63, 3.8) is 0 Å². The Morgan fingerprint density at radius 1 is 0.875 bits per heavy atom. The SMILES string of the molecule is CN=C(NCc1ccccc1)NCc1cccc(CN(C)C)c1.I. The van der Waals surface area contributed by atoms with Gasteiger partial charge in [-0.1, -0.05) is 54.6 Å². The molecule has 2 N–H and O–H groups in total. The Kier molecular flexibility index (Phi) is 9.41. The summed E-state index contributed by atoms with van der Waals surface area (Å²) in [6.45, 7) is 2.48. The van der Waals surface area contributed by atoms with Gasteiger partial charge >= 0.3 is 0 Å². The van der Waals surface area contributed by atoms with Crippen LogP contribution in [0.5, 0.6) is 0 Å². The van der Waals surface area contributed by atoms with Gasteiger partial charge in [0.05, 0.1) is 0 Å². The number of nitrogens with one attached hydrogen (secondary N) is 2. The number of aliphatic imine (C=N–C) groups is 1.